The Bertz CT molecular complexity index is 706. The number of rotatable bonds is 1. The quantitative estimate of drug-likeness (QED) is 0.804. The molecule has 1 saturated heterocycles. The number of hydrogen-bond donors (Lipinski definition) is 0. The molecule has 0 spiro atoms. The number of likely N-dealkylation sites (tertiary alicyclic amines) is 1. The number of para-hydroxylation sites is 1. The van der Waals surface area contributed by atoms with Crippen molar-refractivity contribution in [1.82, 2.24) is 9.88 Å². The van der Waals surface area contributed by atoms with Crippen molar-refractivity contribution in [2.45, 2.75) is 17.2 Å². The van der Waals surface area contributed by atoms with Crippen LogP contribution in [0.4, 0.5) is 10.5 Å². The Morgan fingerprint density at radius 1 is 1.17 bits per heavy atom. The molecule has 0 N–H and O–H groups in total. The molecule has 5 heteroatoms. The molecule has 1 atom stereocenters. The smallest absolute Gasteiger partial charge is 0.324 e. The second-order valence-electron chi connectivity index (χ2n) is 5.97. The number of hydrogen-bond acceptors (Lipinski definition) is 3. The first-order valence-corrected chi connectivity index (χ1v) is 8.99. The number of thioether (sulfide) groups is 1. The summed E-state index contributed by atoms with van der Waals surface area (Å²) in [6, 6.07) is 12.4. The molecule has 4 nitrogen and oxygen atoms in total. The van der Waals surface area contributed by atoms with Gasteiger partial charge in [0, 0.05) is 48.6 Å². The number of benzene rings is 1. The molecule has 1 aromatic carbocycles. The third-order valence-corrected chi connectivity index (χ3v) is 5.62. The van der Waals surface area contributed by atoms with Gasteiger partial charge in [0.15, 0.2) is 0 Å². The van der Waals surface area contributed by atoms with Crippen molar-refractivity contribution in [2.24, 2.45) is 0 Å². The maximum absolute atomic E-state index is 13.0. The second-order valence-corrected chi connectivity index (χ2v) is 7.11. The fourth-order valence-corrected chi connectivity index (χ4v) is 4.36. The molecular weight excluding hydrogens is 306 g/mol. The lowest BCUT2D eigenvalue weighted by atomic mass is 10.0. The van der Waals surface area contributed by atoms with Gasteiger partial charge in [-0.05, 0) is 30.2 Å². The van der Waals surface area contributed by atoms with Crippen LogP contribution in [0, 0.1) is 0 Å². The molecule has 0 aliphatic carbocycles. The summed E-state index contributed by atoms with van der Waals surface area (Å²) in [6.45, 7) is 2.40. The number of carbonyl (C=O) groups excluding carboxylic acids is 1. The predicted molar refractivity (Wildman–Crippen MR) is 93.1 cm³/mol. The molecule has 1 aromatic heterocycles. The third-order valence-electron chi connectivity index (χ3n) is 4.57. The molecule has 4 rings (SSSR count). The molecule has 3 heterocycles. The fraction of sp³-hybridized carbons (Fsp3) is 0.333. The third kappa shape index (κ3) is 2.81. The van der Waals surface area contributed by atoms with Crippen LogP contribution in [-0.2, 0) is 0 Å². The van der Waals surface area contributed by atoms with Gasteiger partial charge in [0.25, 0.3) is 0 Å². The van der Waals surface area contributed by atoms with Crippen molar-refractivity contribution < 1.29 is 4.79 Å². The molecule has 2 aromatic rings. The molecule has 2 aliphatic rings. The lowest BCUT2D eigenvalue weighted by Crippen LogP contribution is -2.44. The highest BCUT2D eigenvalue weighted by molar-refractivity contribution is 7.99. The monoisotopic (exact) mass is 325 g/mol. The summed E-state index contributed by atoms with van der Waals surface area (Å²) in [6.07, 6.45) is 4.73. The van der Waals surface area contributed by atoms with Gasteiger partial charge in [0.1, 0.15) is 0 Å². The Morgan fingerprint density at radius 2 is 2.09 bits per heavy atom. The van der Waals surface area contributed by atoms with E-state index in [0.717, 1.165) is 37.5 Å². The minimum Gasteiger partial charge on any atom is -0.324 e. The van der Waals surface area contributed by atoms with Crippen molar-refractivity contribution in [3.8, 4) is 0 Å². The number of urea groups is 1. The van der Waals surface area contributed by atoms with Crippen molar-refractivity contribution in [3.63, 3.8) is 0 Å². The zero-order chi connectivity index (χ0) is 15.6. The Kier molecular flexibility index (Phi) is 3.95. The normalized spacial score (nSPS) is 20.4. The SMILES string of the molecule is O=C(N1CCC(c2cccnc2)C1)N1CCSc2ccccc21. The van der Waals surface area contributed by atoms with Crippen LogP contribution in [0.5, 0.6) is 0 Å². The van der Waals surface area contributed by atoms with Gasteiger partial charge in [0.05, 0.1) is 5.69 Å². The number of anilines is 1. The molecule has 1 unspecified atom stereocenters. The van der Waals surface area contributed by atoms with E-state index < -0.39 is 0 Å². The molecule has 118 valence electrons. The average Bonchev–Trinajstić information content (AvgIpc) is 3.11. The van der Waals surface area contributed by atoms with Gasteiger partial charge in [-0.3, -0.25) is 9.88 Å². The van der Waals surface area contributed by atoms with Crippen LogP contribution in [0.15, 0.2) is 53.7 Å². The summed E-state index contributed by atoms with van der Waals surface area (Å²) in [4.78, 5) is 22.3. The molecule has 2 aliphatic heterocycles. The van der Waals surface area contributed by atoms with Gasteiger partial charge in [-0.25, -0.2) is 4.79 Å². The van der Waals surface area contributed by atoms with E-state index in [-0.39, 0.29) is 6.03 Å². The highest BCUT2D eigenvalue weighted by Crippen LogP contribution is 2.36. The summed E-state index contributed by atoms with van der Waals surface area (Å²) in [5.74, 6) is 1.37. The number of aromatic nitrogens is 1. The first-order chi connectivity index (χ1) is 11.3. The van der Waals surface area contributed by atoms with E-state index in [9.17, 15) is 4.79 Å². The number of nitrogens with zero attached hydrogens (tertiary/aromatic N) is 3. The average molecular weight is 325 g/mol. The van der Waals surface area contributed by atoms with Gasteiger partial charge < -0.3 is 4.90 Å². The van der Waals surface area contributed by atoms with E-state index >= 15 is 0 Å². The molecule has 1 fully saturated rings. The number of carbonyl (C=O) groups is 1. The minimum absolute atomic E-state index is 0.143. The first-order valence-electron chi connectivity index (χ1n) is 8.01. The van der Waals surface area contributed by atoms with Crippen molar-refractivity contribution in [2.75, 3.05) is 30.3 Å². The van der Waals surface area contributed by atoms with E-state index in [4.69, 9.17) is 0 Å². The van der Waals surface area contributed by atoms with E-state index in [1.54, 1.807) is 6.20 Å². The minimum atomic E-state index is 0.143. The summed E-state index contributed by atoms with van der Waals surface area (Å²) in [5.41, 5.74) is 2.29. The Labute approximate surface area is 140 Å². The lowest BCUT2D eigenvalue weighted by molar-refractivity contribution is 0.215. The molecular formula is C18H19N3OS. The summed E-state index contributed by atoms with van der Waals surface area (Å²) in [5, 5.41) is 0. The zero-order valence-electron chi connectivity index (χ0n) is 12.9. The van der Waals surface area contributed by atoms with E-state index in [1.807, 2.05) is 52.0 Å². The summed E-state index contributed by atoms with van der Waals surface area (Å²) in [7, 11) is 0. The van der Waals surface area contributed by atoms with Gasteiger partial charge in [-0.1, -0.05) is 18.2 Å². The predicted octanol–water partition coefficient (Wildman–Crippen LogP) is 3.60. The van der Waals surface area contributed by atoms with E-state index in [1.165, 1.54) is 10.5 Å². The highest BCUT2D eigenvalue weighted by Gasteiger charge is 2.32. The summed E-state index contributed by atoms with van der Waals surface area (Å²) < 4.78 is 0. The molecule has 0 bridgehead atoms. The standard InChI is InChI=1S/C18H19N3OS/c22-18(21-10-11-23-17-6-2-1-5-16(17)21)20-9-7-15(13-20)14-4-3-8-19-12-14/h1-6,8,12,15H,7,9-11,13H2. The van der Waals surface area contributed by atoms with Crippen LogP contribution in [0.25, 0.3) is 0 Å². The number of pyridine rings is 1. The zero-order valence-corrected chi connectivity index (χ0v) is 13.7. The number of amides is 2. The topological polar surface area (TPSA) is 36.4 Å². The van der Waals surface area contributed by atoms with Crippen molar-refractivity contribution in [1.29, 1.82) is 0 Å². The van der Waals surface area contributed by atoms with Crippen LogP contribution in [0.1, 0.15) is 17.9 Å². The maximum Gasteiger partial charge on any atom is 0.324 e. The van der Waals surface area contributed by atoms with Crippen molar-refractivity contribution >= 4 is 23.5 Å². The highest BCUT2D eigenvalue weighted by atomic mass is 32.2. The number of fused-ring (bicyclic) bond motifs is 1. The molecule has 0 saturated carbocycles. The van der Waals surface area contributed by atoms with E-state index in [0.29, 0.717) is 5.92 Å². The van der Waals surface area contributed by atoms with Crippen LogP contribution in [0.3, 0.4) is 0 Å². The Hall–Kier alpha value is -2.01. The summed E-state index contributed by atoms with van der Waals surface area (Å²) >= 11 is 1.83. The van der Waals surface area contributed by atoms with Gasteiger partial charge in [0.2, 0.25) is 0 Å². The molecule has 2 amide bonds. The van der Waals surface area contributed by atoms with Crippen LogP contribution < -0.4 is 4.90 Å². The first kappa shape index (κ1) is 14.6. The Morgan fingerprint density at radius 3 is 2.96 bits per heavy atom. The molecule has 0 radical (unpaired) electrons. The second kappa shape index (κ2) is 6.24. The van der Waals surface area contributed by atoms with Crippen LogP contribution >= 0.6 is 11.8 Å². The van der Waals surface area contributed by atoms with Gasteiger partial charge in [-0.15, -0.1) is 11.8 Å². The van der Waals surface area contributed by atoms with Crippen molar-refractivity contribution in [3.05, 3.63) is 54.4 Å². The Balaban J connectivity index is 1.51. The van der Waals surface area contributed by atoms with Crippen LogP contribution in [-0.4, -0.2) is 41.3 Å². The fourth-order valence-electron chi connectivity index (χ4n) is 3.36. The lowest BCUT2D eigenvalue weighted by Gasteiger charge is -2.32. The van der Waals surface area contributed by atoms with Crippen LogP contribution in [0.2, 0.25) is 0 Å². The van der Waals surface area contributed by atoms with Gasteiger partial charge >= 0.3 is 6.03 Å². The van der Waals surface area contributed by atoms with E-state index in [2.05, 4.69) is 17.1 Å². The van der Waals surface area contributed by atoms with Gasteiger partial charge in [-0.2, -0.15) is 0 Å². The molecule has 23 heavy (non-hydrogen) atoms. The maximum atomic E-state index is 13.0. The largest absolute Gasteiger partial charge is 0.324 e.